The molecule has 0 bridgehead atoms. The van der Waals surface area contributed by atoms with Gasteiger partial charge in [-0.2, -0.15) is 0 Å². The molecule has 0 amide bonds. The summed E-state index contributed by atoms with van der Waals surface area (Å²) in [6.45, 7) is -0.151. The Kier molecular flexibility index (Phi) is 5.66. The maximum absolute atomic E-state index is 8.68. The third-order valence-electron chi connectivity index (χ3n) is 0.906. The molecule has 0 spiro atoms. The van der Waals surface area contributed by atoms with Gasteiger partial charge in [0.05, 0.1) is 12.7 Å². The van der Waals surface area contributed by atoms with Gasteiger partial charge in [0.15, 0.2) is 0 Å². The number of aliphatic hydroxyl groups excluding tert-OH is 2. The Balaban J connectivity index is 2.86. The molecule has 0 heterocycles. The van der Waals surface area contributed by atoms with Gasteiger partial charge in [-0.15, -0.1) is 0 Å². The van der Waals surface area contributed by atoms with Crippen LogP contribution in [0.25, 0.3) is 0 Å². The van der Waals surface area contributed by atoms with E-state index in [1.807, 2.05) is 0 Å². The molecule has 5 heteroatoms. The fourth-order valence-corrected chi connectivity index (χ4v) is 3.22. The van der Waals surface area contributed by atoms with E-state index in [4.69, 9.17) is 15.0 Å². The van der Waals surface area contributed by atoms with Gasteiger partial charge in [0.25, 0.3) is 0 Å². The third kappa shape index (κ3) is 4.47. The van der Waals surface area contributed by atoms with E-state index >= 15 is 0 Å². The Hall–Kier alpha value is 0.314. The van der Waals surface area contributed by atoms with Gasteiger partial charge in [-0.25, -0.2) is 0 Å². The number of aliphatic hydroxyl groups is 2. The van der Waals surface area contributed by atoms with Crippen LogP contribution in [0.5, 0.6) is 0 Å². The molecule has 1 atom stereocenters. The predicted molar refractivity (Wildman–Crippen MR) is 37.2 cm³/mol. The van der Waals surface area contributed by atoms with Crippen molar-refractivity contribution in [3.8, 4) is 0 Å². The highest BCUT2D eigenvalue weighted by Gasteiger charge is 1.99. The Labute approximate surface area is 52.9 Å². The molecule has 0 aliphatic heterocycles. The minimum atomic E-state index is -0.770. The van der Waals surface area contributed by atoms with Gasteiger partial charge in [-0.05, 0) is 6.04 Å². The van der Waals surface area contributed by atoms with Crippen molar-refractivity contribution in [2.45, 2.75) is 12.1 Å². The van der Waals surface area contributed by atoms with Gasteiger partial charge in [-0.3, -0.25) is 0 Å². The first-order chi connectivity index (χ1) is 3.81. The summed E-state index contributed by atoms with van der Waals surface area (Å²) in [6.07, 6.45) is -0.554. The van der Waals surface area contributed by atoms with Crippen LogP contribution in [0.15, 0.2) is 0 Å². The minimum absolute atomic E-state index is 0.151. The van der Waals surface area contributed by atoms with E-state index in [2.05, 4.69) is 0 Å². The van der Waals surface area contributed by atoms with Crippen molar-refractivity contribution in [1.82, 2.24) is 0 Å². The van der Waals surface area contributed by atoms with E-state index in [9.17, 15) is 0 Å². The van der Waals surface area contributed by atoms with Crippen molar-refractivity contribution in [2.75, 3.05) is 6.61 Å². The molecule has 50 valence electrons. The van der Waals surface area contributed by atoms with E-state index in [-0.39, 0.29) is 15.6 Å². The predicted octanol–water partition coefficient (Wildman–Crippen LogP) is -3.08. The van der Waals surface area contributed by atoms with Gasteiger partial charge >= 0.3 is 0 Å². The summed E-state index contributed by atoms with van der Waals surface area (Å²) in [5, 5.41) is 17.0. The summed E-state index contributed by atoms with van der Waals surface area (Å²) in [5.74, 6) is 0. The van der Waals surface area contributed by atoms with Gasteiger partial charge in [0, 0.05) is 9.04 Å². The van der Waals surface area contributed by atoms with Gasteiger partial charge < -0.3 is 15.0 Å². The van der Waals surface area contributed by atoms with Crippen LogP contribution in [0.3, 0.4) is 0 Å². The smallest absolute Gasteiger partial charge is 0.138 e. The summed E-state index contributed by atoms with van der Waals surface area (Å²) < 4.78 is 0. The molecule has 1 unspecified atom stereocenters. The molecular weight excluding hydrogens is 140 g/mol. The Morgan fingerprint density at radius 2 is 2.12 bits per heavy atom. The van der Waals surface area contributed by atoms with E-state index in [0.29, 0.717) is 6.04 Å². The largest absolute Gasteiger partial charge is 0.442 e. The topological polar surface area (TPSA) is 60.7 Å². The monoisotopic (exact) mass is 152 g/mol. The zero-order valence-electron chi connectivity index (χ0n) is 4.75. The van der Waals surface area contributed by atoms with Crippen molar-refractivity contribution in [3.05, 3.63) is 0 Å². The lowest BCUT2D eigenvalue weighted by Crippen LogP contribution is -2.17. The van der Waals surface area contributed by atoms with Crippen LogP contribution in [-0.4, -0.2) is 46.0 Å². The molecule has 8 heavy (non-hydrogen) atoms. The van der Waals surface area contributed by atoms with Gasteiger partial charge in [0.1, 0.15) is 9.28 Å². The number of hydrogen-bond donors (Lipinski definition) is 3. The fraction of sp³-hybridized carbons (Fsp3) is 1.00. The average Bonchev–Trinajstić information content (AvgIpc) is 1.83. The summed E-state index contributed by atoms with van der Waals surface area (Å²) in [7, 11) is -1.12. The third-order valence-corrected chi connectivity index (χ3v) is 4.47. The Bertz CT molecular complexity index is 51.8. The molecule has 0 aromatic rings. The van der Waals surface area contributed by atoms with E-state index in [1.54, 1.807) is 0 Å². The molecule has 3 nitrogen and oxygen atoms in total. The van der Waals surface area contributed by atoms with Crippen molar-refractivity contribution in [1.29, 1.82) is 0 Å². The first-order valence-corrected chi connectivity index (χ1v) is 8.34. The average molecular weight is 152 g/mol. The van der Waals surface area contributed by atoms with Crippen molar-refractivity contribution in [3.63, 3.8) is 0 Å². The zero-order valence-corrected chi connectivity index (χ0v) is 7.58. The van der Waals surface area contributed by atoms with Crippen molar-refractivity contribution >= 4 is 18.3 Å². The molecule has 0 saturated carbocycles. The maximum Gasteiger partial charge on any atom is 0.138 e. The molecule has 0 fully saturated rings. The molecule has 0 saturated heterocycles. The van der Waals surface area contributed by atoms with Crippen LogP contribution in [-0.2, 0) is 0 Å². The van der Waals surface area contributed by atoms with E-state index in [0.717, 1.165) is 0 Å². The highest BCUT2D eigenvalue weighted by atomic mass is 29.2. The molecular formula is C3H12O3Si2. The second-order valence-corrected chi connectivity index (χ2v) is 6.90. The molecule has 0 aliphatic rings. The van der Waals surface area contributed by atoms with E-state index < -0.39 is 15.4 Å². The first-order valence-electron chi connectivity index (χ1n) is 2.71. The minimum Gasteiger partial charge on any atom is -0.442 e. The fourth-order valence-electron chi connectivity index (χ4n) is 0.418. The molecule has 0 radical (unpaired) electrons. The van der Waals surface area contributed by atoms with Crippen LogP contribution < -0.4 is 0 Å². The normalized spacial score (nSPS) is 16.9. The second-order valence-electron chi connectivity index (χ2n) is 1.70. The zero-order chi connectivity index (χ0) is 6.41. The van der Waals surface area contributed by atoms with Gasteiger partial charge in [-0.1, -0.05) is 0 Å². The number of rotatable bonds is 4. The second kappa shape index (κ2) is 5.45. The summed E-state index contributed by atoms with van der Waals surface area (Å²) in [6, 6.07) is 0.680. The standard InChI is InChI=1S/C3H12O3Si2/c4-1-3(5)2-7-8-6/h3-6H,1-2,7-8H2. The van der Waals surface area contributed by atoms with E-state index in [1.165, 1.54) is 0 Å². The lowest BCUT2D eigenvalue weighted by molar-refractivity contribution is 0.110. The summed E-state index contributed by atoms with van der Waals surface area (Å²) in [5.41, 5.74) is 0. The van der Waals surface area contributed by atoms with Crippen LogP contribution in [0.1, 0.15) is 0 Å². The quantitative estimate of drug-likeness (QED) is 0.374. The summed E-state index contributed by atoms with van der Waals surface area (Å²) in [4.78, 5) is 8.42. The van der Waals surface area contributed by atoms with Crippen LogP contribution in [0, 0.1) is 0 Å². The van der Waals surface area contributed by atoms with Crippen LogP contribution in [0.2, 0.25) is 6.04 Å². The molecule has 0 aromatic carbocycles. The van der Waals surface area contributed by atoms with Gasteiger partial charge in [0.2, 0.25) is 0 Å². The Morgan fingerprint density at radius 1 is 1.50 bits per heavy atom. The highest BCUT2D eigenvalue weighted by Crippen LogP contribution is 1.86. The van der Waals surface area contributed by atoms with Crippen molar-refractivity contribution in [2.24, 2.45) is 0 Å². The SMILES string of the molecule is OCC(O)C[SiH2][SiH2]O. The maximum atomic E-state index is 8.68. The van der Waals surface area contributed by atoms with Crippen molar-refractivity contribution < 1.29 is 15.0 Å². The van der Waals surface area contributed by atoms with Crippen LogP contribution in [0.4, 0.5) is 0 Å². The molecule has 3 N–H and O–H groups in total. The molecule has 0 aromatic heterocycles. The highest BCUT2D eigenvalue weighted by molar-refractivity contribution is 6.96. The lowest BCUT2D eigenvalue weighted by atomic mass is 10.4. The first kappa shape index (κ1) is 8.31. The van der Waals surface area contributed by atoms with Crippen LogP contribution >= 0.6 is 0 Å². The summed E-state index contributed by atoms with van der Waals surface area (Å²) >= 11 is 0. The molecule has 0 rings (SSSR count). The molecule has 0 aliphatic carbocycles. The Morgan fingerprint density at radius 3 is 2.50 bits per heavy atom. The number of hydrogen-bond acceptors (Lipinski definition) is 3. The lowest BCUT2D eigenvalue weighted by Gasteiger charge is -2.01.